The van der Waals surface area contributed by atoms with Crippen molar-refractivity contribution in [2.75, 3.05) is 38.3 Å². The maximum absolute atomic E-state index is 12.4. The third-order valence-corrected chi connectivity index (χ3v) is 6.66. The van der Waals surface area contributed by atoms with E-state index < -0.39 is 0 Å². The summed E-state index contributed by atoms with van der Waals surface area (Å²) < 4.78 is 11.2. The van der Waals surface area contributed by atoms with Crippen LogP contribution in [-0.4, -0.2) is 56.5 Å². The van der Waals surface area contributed by atoms with Gasteiger partial charge in [-0.1, -0.05) is 18.0 Å². The molecule has 0 aromatic heterocycles. The number of carbonyl (C=O) groups excluding carboxylic acids is 1. The minimum absolute atomic E-state index is 0.142. The van der Waals surface area contributed by atoms with E-state index in [2.05, 4.69) is 4.90 Å². The third kappa shape index (κ3) is 7.14. The molecule has 1 saturated heterocycles. The minimum atomic E-state index is -0.310. The number of rotatable bonds is 9. The molecule has 1 saturated carbocycles. The number of carbonyl (C=O) groups is 1. The van der Waals surface area contributed by atoms with Gasteiger partial charge < -0.3 is 14.4 Å². The van der Waals surface area contributed by atoms with E-state index in [1.54, 1.807) is 4.90 Å². The van der Waals surface area contributed by atoms with E-state index in [1.807, 2.05) is 24.3 Å². The number of unbranched alkanes of at least 4 members (excludes halogenated alkanes) is 2. The zero-order valence-electron chi connectivity index (χ0n) is 18.4. The number of amides is 1. The van der Waals surface area contributed by atoms with Gasteiger partial charge in [-0.15, -0.1) is 0 Å². The molecule has 1 aliphatic carbocycles. The predicted octanol–water partition coefficient (Wildman–Crippen LogP) is 5.90. The molecule has 0 atom stereocenters. The van der Waals surface area contributed by atoms with Crippen molar-refractivity contribution in [3.05, 3.63) is 29.3 Å². The van der Waals surface area contributed by atoms with Gasteiger partial charge in [0.25, 0.3) is 0 Å². The topological polar surface area (TPSA) is 42.0 Å². The van der Waals surface area contributed by atoms with Crippen LogP contribution in [0.15, 0.2) is 24.3 Å². The predicted molar refractivity (Wildman–Crippen MR) is 122 cm³/mol. The van der Waals surface area contributed by atoms with Crippen molar-refractivity contribution in [2.24, 2.45) is 0 Å². The number of halogens is 1. The van der Waals surface area contributed by atoms with Gasteiger partial charge in [0.2, 0.25) is 0 Å². The first-order chi connectivity index (χ1) is 14.7. The number of nitrogens with zero attached hydrogens (tertiary/aromatic N) is 2. The number of hydrogen-bond donors (Lipinski definition) is 0. The fourth-order valence-electron chi connectivity index (χ4n) is 4.68. The van der Waals surface area contributed by atoms with Crippen LogP contribution in [0.4, 0.5) is 10.5 Å². The molecule has 1 aromatic rings. The first kappa shape index (κ1) is 23.4. The molecule has 168 valence electrons. The molecule has 0 bridgehead atoms. The van der Waals surface area contributed by atoms with Gasteiger partial charge in [0.15, 0.2) is 0 Å². The van der Waals surface area contributed by atoms with Crippen molar-refractivity contribution in [1.82, 2.24) is 4.90 Å². The molecule has 1 aromatic carbocycles. The monoisotopic (exact) mass is 436 g/mol. The molecular weight excluding hydrogens is 400 g/mol. The van der Waals surface area contributed by atoms with E-state index >= 15 is 0 Å². The smallest absolute Gasteiger partial charge is 0.414 e. The lowest BCUT2D eigenvalue weighted by atomic mass is 9.91. The molecule has 0 unspecified atom stereocenters. The summed E-state index contributed by atoms with van der Waals surface area (Å²) >= 11 is 6.00. The fourth-order valence-corrected chi connectivity index (χ4v) is 4.81. The lowest BCUT2D eigenvalue weighted by Crippen LogP contribution is -2.43. The van der Waals surface area contributed by atoms with Gasteiger partial charge >= 0.3 is 6.09 Å². The molecule has 1 amide bonds. The number of likely N-dealkylation sites (tertiary alicyclic amines) is 1. The van der Waals surface area contributed by atoms with Crippen LogP contribution in [0.2, 0.25) is 5.02 Å². The van der Waals surface area contributed by atoms with Crippen LogP contribution in [0.5, 0.6) is 0 Å². The number of benzene rings is 1. The highest BCUT2D eigenvalue weighted by molar-refractivity contribution is 6.30. The number of hydrogen-bond acceptors (Lipinski definition) is 4. The Bertz CT molecular complexity index is 626. The molecule has 6 heteroatoms. The summed E-state index contributed by atoms with van der Waals surface area (Å²) in [4.78, 5) is 16.8. The van der Waals surface area contributed by atoms with Crippen molar-refractivity contribution in [3.8, 4) is 0 Å². The van der Waals surface area contributed by atoms with Gasteiger partial charge in [-0.2, -0.15) is 0 Å². The van der Waals surface area contributed by atoms with Crippen LogP contribution >= 0.6 is 11.6 Å². The summed E-state index contributed by atoms with van der Waals surface area (Å²) in [6, 6.07) is 7.53. The Balaban J connectivity index is 1.34. The quantitative estimate of drug-likeness (QED) is 0.452. The highest BCUT2D eigenvalue weighted by atomic mass is 35.5. The van der Waals surface area contributed by atoms with E-state index in [4.69, 9.17) is 21.1 Å². The van der Waals surface area contributed by atoms with Crippen molar-refractivity contribution in [3.63, 3.8) is 0 Å². The number of methoxy groups -OCH3 is 1. The Kier molecular flexibility index (Phi) is 9.76. The van der Waals surface area contributed by atoms with Gasteiger partial charge in [0, 0.05) is 23.4 Å². The summed E-state index contributed by atoms with van der Waals surface area (Å²) in [5, 5.41) is 0.664. The SMILES string of the molecule is COC(=O)N(c1ccc(Cl)cc1)C1CCC(OCCCCCN2CCCCC2)CC1. The van der Waals surface area contributed by atoms with Gasteiger partial charge in [0.1, 0.15) is 0 Å². The Morgan fingerprint density at radius 2 is 1.73 bits per heavy atom. The summed E-state index contributed by atoms with van der Waals surface area (Å²) in [6.45, 7) is 4.68. The molecule has 1 aliphatic heterocycles. The standard InChI is InChI=1S/C24H37ClN2O3/c1-29-24(28)27(21-10-8-20(25)9-11-21)22-12-14-23(15-13-22)30-19-7-3-6-18-26-16-4-2-5-17-26/h8-11,22-23H,2-7,12-19H2,1H3. The van der Waals surface area contributed by atoms with Crippen molar-refractivity contribution in [1.29, 1.82) is 0 Å². The summed E-state index contributed by atoms with van der Waals surface area (Å²) in [6.07, 6.45) is 11.7. The Hall–Kier alpha value is -1.30. The Morgan fingerprint density at radius 3 is 2.40 bits per heavy atom. The molecule has 2 fully saturated rings. The second kappa shape index (κ2) is 12.5. The third-order valence-electron chi connectivity index (χ3n) is 6.41. The number of piperidine rings is 1. The molecule has 30 heavy (non-hydrogen) atoms. The lowest BCUT2D eigenvalue weighted by molar-refractivity contribution is 0.0222. The molecule has 2 aliphatic rings. The summed E-state index contributed by atoms with van der Waals surface area (Å²) in [7, 11) is 1.44. The van der Waals surface area contributed by atoms with Crippen molar-refractivity contribution in [2.45, 2.75) is 76.4 Å². The average molecular weight is 437 g/mol. The molecule has 0 N–H and O–H groups in total. The Labute approximate surface area is 186 Å². The van der Waals surface area contributed by atoms with E-state index in [-0.39, 0.29) is 12.1 Å². The molecule has 0 spiro atoms. The van der Waals surface area contributed by atoms with Crippen molar-refractivity contribution < 1.29 is 14.3 Å². The Morgan fingerprint density at radius 1 is 1.03 bits per heavy atom. The second-order valence-electron chi connectivity index (χ2n) is 8.58. The molecule has 5 nitrogen and oxygen atoms in total. The van der Waals surface area contributed by atoms with Crippen LogP contribution < -0.4 is 4.90 Å². The van der Waals surface area contributed by atoms with E-state index in [0.29, 0.717) is 11.1 Å². The largest absolute Gasteiger partial charge is 0.452 e. The molecule has 1 heterocycles. The van der Waals surface area contributed by atoms with Crippen LogP contribution in [0.1, 0.15) is 64.2 Å². The van der Waals surface area contributed by atoms with Gasteiger partial charge in [-0.05, 0) is 102 Å². The number of ether oxygens (including phenoxy) is 2. The van der Waals surface area contributed by atoms with E-state index in [1.165, 1.54) is 58.8 Å². The van der Waals surface area contributed by atoms with Crippen LogP contribution in [-0.2, 0) is 9.47 Å². The van der Waals surface area contributed by atoms with E-state index in [0.717, 1.165) is 44.4 Å². The van der Waals surface area contributed by atoms with Gasteiger partial charge in [0.05, 0.1) is 13.2 Å². The number of anilines is 1. The van der Waals surface area contributed by atoms with Crippen LogP contribution in [0.3, 0.4) is 0 Å². The highest BCUT2D eigenvalue weighted by Crippen LogP contribution is 2.30. The normalized spacial score (nSPS) is 22.6. The average Bonchev–Trinajstić information content (AvgIpc) is 2.79. The zero-order valence-corrected chi connectivity index (χ0v) is 19.1. The maximum atomic E-state index is 12.4. The van der Waals surface area contributed by atoms with Crippen molar-refractivity contribution >= 4 is 23.4 Å². The summed E-state index contributed by atoms with van der Waals surface area (Å²) in [5.41, 5.74) is 0.837. The second-order valence-corrected chi connectivity index (χ2v) is 9.02. The fraction of sp³-hybridized carbons (Fsp3) is 0.708. The van der Waals surface area contributed by atoms with E-state index in [9.17, 15) is 4.79 Å². The minimum Gasteiger partial charge on any atom is -0.452 e. The highest BCUT2D eigenvalue weighted by Gasteiger charge is 2.30. The van der Waals surface area contributed by atoms with Gasteiger partial charge in [-0.25, -0.2) is 4.79 Å². The first-order valence-electron chi connectivity index (χ1n) is 11.6. The molecule has 3 rings (SSSR count). The first-order valence-corrected chi connectivity index (χ1v) is 12.0. The van der Waals surface area contributed by atoms with Crippen LogP contribution in [0.25, 0.3) is 0 Å². The molecule has 0 radical (unpaired) electrons. The van der Waals surface area contributed by atoms with Crippen LogP contribution in [0, 0.1) is 0 Å². The zero-order chi connectivity index (χ0) is 21.2. The molecular formula is C24H37ClN2O3. The lowest BCUT2D eigenvalue weighted by Gasteiger charge is -2.36. The van der Waals surface area contributed by atoms with Gasteiger partial charge in [-0.3, -0.25) is 4.90 Å². The maximum Gasteiger partial charge on any atom is 0.414 e. The summed E-state index contributed by atoms with van der Waals surface area (Å²) in [5.74, 6) is 0.